The van der Waals surface area contributed by atoms with E-state index in [2.05, 4.69) is 21.2 Å². The van der Waals surface area contributed by atoms with Gasteiger partial charge < -0.3 is 19.9 Å². The highest BCUT2D eigenvalue weighted by Crippen LogP contribution is 2.35. The lowest BCUT2D eigenvalue weighted by molar-refractivity contribution is 0.0697. The minimum Gasteiger partial charge on any atom is -0.493 e. The number of benzene rings is 3. The van der Waals surface area contributed by atoms with Crippen LogP contribution in [0.1, 0.15) is 21.5 Å². The molecule has 0 aliphatic heterocycles. The average molecular weight is 546 g/mol. The zero-order chi connectivity index (χ0) is 22.5. The molecule has 0 amide bonds. The monoisotopic (exact) mass is 543 g/mol. The first-order chi connectivity index (χ1) is 14.8. The van der Waals surface area contributed by atoms with Gasteiger partial charge in [-0.15, -0.1) is 0 Å². The van der Waals surface area contributed by atoms with Crippen molar-refractivity contribution in [1.29, 1.82) is 0 Å². The SMILES string of the molecule is COc1cc(CNc2cc(C(=O)O)ccc2Cl)c(Br)cc1OCc1ccc(Cl)c(Cl)c1. The minimum atomic E-state index is -1.02. The van der Waals surface area contributed by atoms with Crippen LogP contribution in [0.25, 0.3) is 0 Å². The minimum absolute atomic E-state index is 0.148. The summed E-state index contributed by atoms with van der Waals surface area (Å²) >= 11 is 21.7. The van der Waals surface area contributed by atoms with Gasteiger partial charge >= 0.3 is 5.97 Å². The first kappa shape index (κ1) is 23.5. The zero-order valence-electron chi connectivity index (χ0n) is 16.2. The van der Waals surface area contributed by atoms with Crippen molar-refractivity contribution in [3.8, 4) is 11.5 Å². The molecule has 0 heterocycles. The number of nitrogens with one attached hydrogen (secondary N) is 1. The molecular weight excluding hydrogens is 529 g/mol. The van der Waals surface area contributed by atoms with Crippen molar-refractivity contribution < 1.29 is 19.4 Å². The fourth-order valence-corrected chi connectivity index (χ4v) is 3.73. The van der Waals surface area contributed by atoms with Crippen LogP contribution in [0, 0.1) is 0 Å². The number of carboxylic acids is 1. The maximum Gasteiger partial charge on any atom is 0.335 e. The van der Waals surface area contributed by atoms with E-state index in [1.54, 1.807) is 25.3 Å². The highest BCUT2D eigenvalue weighted by atomic mass is 79.9. The summed E-state index contributed by atoms with van der Waals surface area (Å²) in [7, 11) is 1.56. The Morgan fingerprint density at radius 3 is 2.42 bits per heavy atom. The highest BCUT2D eigenvalue weighted by molar-refractivity contribution is 9.10. The van der Waals surface area contributed by atoms with Crippen molar-refractivity contribution in [2.24, 2.45) is 0 Å². The third-order valence-electron chi connectivity index (χ3n) is 4.39. The normalized spacial score (nSPS) is 10.6. The van der Waals surface area contributed by atoms with Gasteiger partial charge in [-0.25, -0.2) is 4.79 Å². The molecule has 3 aromatic rings. The van der Waals surface area contributed by atoms with Crippen LogP contribution >= 0.6 is 50.7 Å². The Morgan fingerprint density at radius 1 is 1.00 bits per heavy atom. The molecule has 2 N–H and O–H groups in total. The van der Waals surface area contributed by atoms with E-state index in [9.17, 15) is 4.79 Å². The predicted molar refractivity (Wildman–Crippen MR) is 127 cm³/mol. The predicted octanol–water partition coefficient (Wildman–Crippen LogP) is 7.31. The van der Waals surface area contributed by atoms with Crippen LogP contribution in [0.3, 0.4) is 0 Å². The number of carboxylic acid groups (broad SMARTS) is 1. The quantitative estimate of drug-likeness (QED) is 0.311. The molecule has 9 heteroatoms. The molecule has 0 aromatic heterocycles. The Balaban J connectivity index is 1.75. The summed E-state index contributed by atoms with van der Waals surface area (Å²) in [6.07, 6.45) is 0. The van der Waals surface area contributed by atoms with Crippen LogP contribution < -0.4 is 14.8 Å². The second-order valence-electron chi connectivity index (χ2n) is 6.48. The lowest BCUT2D eigenvalue weighted by Gasteiger charge is -2.15. The Labute approximate surface area is 203 Å². The van der Waals surface area contributed by atoms with Crippen molar-refractivity contribution in [2.45, 2.75) is 13.2 Å². The molecule has 3 rings (SSSR count). The second-order valence-corrected chi connectivity index (χ2v) is 8.56. The van der Waals surface area contributed by atoms with E-state index in [4.69, 9.17) is 49.4 Å². The molecule has 0 spiro atoms. The van der Waals surface area contributed by atoms with E-state index in [1.807, 2.05) is 18.2 Å². The molecule has 0 saturated heterocycles. The second kappa shape index (κ2) is 10.5. The van der Waals surface area contributed by atoms with Crippen molar-refractivity contribution >= 4 is 62.4 Å². The van der Waals surface area contributed by atoms with E-state index in [0.717, 1.165) is 15.6 Å². The van der Waals surface area contributed by atoms with Crippen LogP contribution in [0.4, 0.5) is 5.69 Å². The van der Waals surface area contributed by atoms with E-state index in [0.29, 0.717) is 38.8 Å². The molecule has 3 aromatic carbocycles. The maximum atomic E-state index is 11.2. The van der Waals surface area contributed by atoms with E-state index >= 15 is 0 Å². The topological polar surface area (TPSA) is 67.8 Å². The first-order valence-corrected chi connectivity index (χ1v) is 10.9. The summed E-state index contributed by atoms with van der Waals surface area (Å²) in [4.78, 5) is 11.2. The largest absolute Gasteiger partial charge is 0.493 e. The number of ether oxygens (including phenoxy) is 2. The number of aromatic carboxylic acids is 1. The summed E-state index contributed by atoms with van der Waals surface area (Å²) < 4.78 is 12.2. The van der Waals surface area contributed by atoms with Gasteiger partial charge in [-0.05, 0) is 53.6 Å². The van der Waals surface area contributed by atoms with Crippen molar-refractivity contribution in [3.63, 3.8) is 0 Å². The van der Waals surface area contributed by atoms with Gasteiger partial charge in [0, 0.05) is 11.0 Å². The third kappa shape index (κ3) is 5.98. The Bertz CT molecular complexity index is 1120. The number of rotatable bonds is 8. The Hall–Kier alpha value is -2.12. The molecule has 0 aliphatic rings. The molecule has 162 valence electrons. The lowest BCUT2D eigenvalue weighted by atomic mass is 10.1. The van der Waals surface area contributed by atoms with E-state index < -0.39 is 5.97 Å². The highest BCUT2D eigenvalue weighted by Gasteiger charge is 2.13. The van der Waals surface area contributed by atoms with Crippen LogP contribution in [0.15, 0.2) is 53.0 Å². The fraction of sp³-hybridized carbons (Fsp3) is 0.136. The number of anilines is 1. The lowest BCUT2D eigenvalue weighted by Crippen LogP contribution is -2.05. The molecule has 0 bridgehead atoms. The van der Waals surface area contributed by atoms with Gasteiger partial charge in [0.25, 0.3) is 0 Å². The smallest absolute Gasteiger partial charge is 0.335 e. The van der Waals surface area contributed by atoms with Crippen LogP contribution in [-0.2, 0) is 13.2 Å². The summed E-state index contributed by atoms with van der Waals surface area (Å²) in [5.41, 5.74) is 2.41. The molecule has 0 aliphatic carbocycles. The molecule has 0 radical (unpaired) electrons. The van der Waals surface area contributed by atoms with E-state index in [1.165, 1.54) is 12.1 Å². The van der Waals surface area contributed by atoms with Gasteiger partial charge in [-0.2, -0.15) is 0 Å². The van der Waals surface area contributed by atoms with Crippen LogP contribution in [0.5, 0.6) is 11.5 Å². The fourth-order valence-electron chi connectivity index (χ4n) is 2.76. The average Bonchev–Trinajstić information content (AvgIpc) is 2.74. The molecule has 31 heavy (non-hydrogen) atoms. The summed E-state index contributed by atoms with van der Waals surface area (Å²) in [5, 5.41) is 13.7. The maximum absolute atomic E-state index is 11.2. The van der Waals surface area contributed by atoms with Gasteiger partial charge in [0.05, 0.1) is 33.4 Å². The van der Waals surface area contributed by atoms with Crippen LogP contribution in [0.2, 0.25) is 15.1 Å². The van der Waals surface area contributed by atoms with Gasteiger partial charge in [0.1, 0.15) is 6.61 Å². The molecule has 0 saturated carbocycles. The Morgan fingerprint density at radius 2 is 1.74 bits per heavy atom. The third-order valence-corrected chi connectivity index (χ3v) is 6.20. The zero-order valence-corrected chi connectivity index (χ0v) is 20.1. The molecular formula is C22H17BrCl3NO4. The number of halogens is 4. The number of carbonyl (C=O) groups is 1. The summed E-state index contributed by atoms with van der Waals surface area (Å²) in [5.74, 6) is 0.0755. The molecule has 0 unspecified atom stereocenters. The summed E-state index contributed by atoms with van der Waals surface area (Å²) in [6, 6.07) is 13.4. The van der Waals surface area contributed by atoms with Crippen molar-refractivity contribution in [1.82, 2.24) is 0 Å². The van der Waals surface area contributed by atoms with Gasteiger partial charge in [-0.3, -0.25) is 0 Å². The van der Waals surface area contributed by atoms with Crippen LogP contribution in [-0.4, -0.2) is 18.2 Å². The number of hydrogen-bond donors (Lipinski definition) is 2. The first-order valence-electron chi connectivity index (χ1n) is 8.98. The van der Waals surface area contributed by atoms with Crippen molar-refractivity contribution in [3.05, 3.63) is 84.8 Å². The van der Waals surface area contributed by atoms with E-state index in [-0.39, 0.29) is 12.2 Å². The Kier molecular flexibility index (Phi) is 7.94. The summed E-state index contributed by atoms with van der Waals surface area (Å²) in [6.45, 7) is 0.668. The number of methoxy groups -OCH3 is 1. The van der Waals surface area contributed by atoms with Gasteiger partial charge in [-0.1, -0.05) is 56.8 Å². The van der Waals surface area contributed by atoms with Gasteiger partial charge in [0.15, 0.2) is 11.5 Å². The van der Waals surface area contributed by atoms with Gasteiger partial charge in [0.2, 0.25) is 0 Å². The standard InChI is InChI=1S/C22H17BrCl3NO4/c1-30-20-8-14(10-27-19-7-13(22(28)29)3-5-17(19)25)15(23)9-21(20)31-11-12-2-4-16(24)18(26)6-12/h2-9,27H,10-11H2,1H3,(H,28,29). The number of hydrogen-bond acceptors (Lipinski definition) is 4. The van der Waals surface area contributed by atoms with Crippen molar-refractivity contribution in [2.75, 3.05) is 12.4 Å². The molecule has 0 fully saturated rings. The molecule has 5 nitrogen and oxygen atoms in total. The molecule has 0 atom stereocenters.